The highest BCUT2D eigenvalue weighted by atomic mass is 35.5. The van der Waals surface area contributed by atoms with Gasteiger partial charge in [-0.1, -0.05) is 62.7 Å². The van der Waals surface area contributed by atoms with Crippen LogP contribution in [-0.4, -0.2) is 6.54 Å². The van der Waals surface area contributed by atoms with Crippen LogP contribution >= 0.6 is 11.6 Å². The molecule has 0 aliphatic carbocycles. The molecule has 0 fully saturated rings. The lowest BCUT2D eigenvalue weighted by Crippen LogP contribution is -2.10. The van der Waals surface area contributed by atoms with Gasteiger partial charge in [0.1, 0.15) is 0 Å². The fourth-order valence-electron chi connectivity index (χ4n) is 2.63. The lowest BCUT2D eigenvalue weighted by molar-refractivity contribution is 0.647. The van der Waals surface area contributed by atoms with Gasteiger partial charge in [-0.05, 0) is 54.0 Å². The lowest BCUT2D eigenvalue weighted by Gasteiger charge is -2.16. The Bertz CT molecular complexity index is 602. The maximum absolute atomic E-state index is 6.17. The summed E-state index contributed by atoms with van der Waals surface area (Å²) >= 11 is 6.17. The van der Waals surface area contributed by atoms with Gasteiger partial charge in [0, 0.05) is 17.3 Å². The standard InChI is InChI=1S/C20H26ClN/c1-14(2)12-17-8-10-18(11-9-17)15(3)13-22-20-7-5-6-19(21)16(20)4/h5-11,14-15,22H,12-13H2,1-4H3. The zero-order valence-electron chi connectivity index (χ0n) is 14.0. The second kappa shape index (κ2) is 7.69. The number of benzene rings is 2. The van der Waals surface area contributed by atoms with Crippen molar-refractivity contribution in [2.45, 2.75) is 40.0 Å². The van der Waals surface area contributed by atoms with Crippen molar-refractivity contribution in [1.29, 1.82) is 0 Å². The van der Waals surface area contributed by atoms with Crippen molar-refractivity contribution < 1.29 is 0 Å². The molecule has 22 heavy (non-hydrogen) atoms. The number of nitrogens with one attached hydrogen (secondary N) is 1. The van der Waals surface area contributed by atoms with E-state index in [9.17, 15) is 0 Å². The average molecular weight is 316 g/mol. The molecule has 0 bridgehead atoms. The van der Waals surface area contributed by atoms with Crippen LogP contribution in [-0.2, 0) is 6.42 Å². The molecule has 0 amide bonds. The molecular weight excluding hydrogens is 290 g/mol. The Hall–Kier alpha value is -1.47. The number of halogens is 1. The second-order valence-corrected chi connectivity index (χ2v) is 6.94. The zero-order chi connectivity index (χ0) is 16.1. The molecule has 1 N–H and O–H groups in total. The van der Waals surface area contributed by atoms with E-state index in [0.717, 1.165) is 29.2 Å². The van der Waals surface area contributed by atoms with Crippen LogP contribution in [0.5, 0.6) is 0 Å². The predicted molar refractivity (Wildman–Crippen MR) is 98.1 cm³/mol. The van der Waals surface area contributed by atoms with E-state index in [1.54, 1.807) is 0 Å². The highest BCUT2D eigenvalue weighted by molar-refractivity contribution is 6.31. The summed E-state index contributed by atoms with van der Waals surface area (Å²) in [6, 6.07) is 15.0. The normalized spacial score (nSPS) is 12.5. The van der Waals surface area contributed by atoms with Crippen LogP contribution in [0.4, 0.5) is 5.69 Å². The Kier molecular flexibility index (Phi) is 5.90. The highest BCUT2D eigenvalue weighted by Gasteiger charge is 2.08. The molecule has 2 rings (SSSR count). The molecule has 0 saturated carbocycles. The molecule has 1 nitrogen and oxygen atoms in total. The Morgan fingerprint density at radius 3 is 2.32 bits per heavy atom. The summed E-state index contributed by atoms with van der Waals surface area (Å²) in [6.07, 6.45) is 1.15. The van der Waals surface area contributed by atoms with E-state index in [1.165, 1.54) is 11.1 Å². The Morgan fingerprint density at radius 1 is 1.00 bits per heavy atom. The van der Waals surface area contributed by atoms with Crippen LogP contribution in [0.15, 0.2) is 42.5 Å². The molecule has 0 aliphatic rings. The van der Waals surface area contributed by atoms with Crippen LogP contribution < -0.4 is 5.32 Å². The van der Waals surface area contributed by atoms with Crippen molar-refractivity contribution in [3.05, 3.63) is 64.2 Å². The minimum Gasteiger partial charge on any atom is -0.384 e. The largest absolute Gasteiger partial charge is 0.384 e. The van der Waals surface area contributed by atoms with Crippen molar-refractivity contribution in [3.63, 3.8) is 0 Å². The van der Waals surface area contributed by atoms with E-state index in [1.807, 2.05) is 12.1 Å². The van der Waals surface area contributed by atoms with Crippen LogP contribution in [0.1, 0.15) is 43.4 Å². The molecule has 1 atom stereocenters. The fraction of sp³-hybridized carbons (Fsp3) is 0.400. The predicted octanol–water partition coefficient (Wildman–Crippen LogP) is 6.06. The van der Waals surface area contributed by atoms with E-state index in [-0.39, 0.29) is 0 Å². The third-order valence-corrected chi connectivity index (χ3v) is 4.47. The third kappa shape index (κ3) is 4.51. The molecule has 1 unspecified atom stereocenters. The minimum absolute atomic E-state index is 0.464. The fourth-order valence-corrected chi connectivity index (χ4v) is 2.81. The molecule has 0 heterocycles. The summed E-state index contributed by atoms with van der Waals surface area (Å²) in [5.41, 5.74) is 5.03. The number of hydrogen-bond donors (Lipinski definition) is 1. The number of anilines is 1. The number of hydrogen-bond acceptors (Lipinski definition) is 1. The van der Waals surface area contributed by atoms with E-state index in [2.05, 4.69) is 63.3 Å². The molecule has 0 aromatic heterocycles. The maximum Gasteiger partial charge on any atom is 0.0455 e. The monoisotopic (exact) mass is 315 g/mol. The van der Waals surface area contributed by atoms with E-state index in [4.69, 9.17) is 11.6 Å². The van der Waals surface area contributed by atoms with Gasteiger partial charge in [-0.3, -0.25) is 0 Å². The number of rotatable bonds is 6. The van der Waals surface area contributed by atoms with Gasteiger partial charge in [0.15, 0.2) is 0 Å². The van der Waals surface area contributed by atoms with Gasteiger partial charge < -0.3 is 5.32 Å². The van der Waals surface area contributed by atoms with Crippen molar-refractivity contribution >= 4 is 17.3 Å². The van der Waals surface area contributed by atoms with E-state index < -0.39 is 0 Å². The molecule has 118 valence electrons. The third-order valence-electron chi connectivity index (χ3n) is 4.06. The van der Waals surface area contributed by atoms with Crippen molar-refractivity contribution in [3.8, 4) is 0 Å². The van der Waals surface area contributed by atoms with Gasteiger partial charge in [-0.2, -0.15) is 0 Å². The molecule has 0 radical (unpaired) electrons. The Balaban J connectivity index is 1.97. The van der Waals surface area contributed by atoms with E-state index in [0.29, 0.717) is 11.8 Å². The lowest BCUT2D eigenvalue weighted by atomic mass is 9.96. The van der Waals surface area contributed by atoms with Gasteiger partial charge >= 0.3 is 0 Å². The first kappa shape index (κ1) is 16.9. The van der Waals surface area contributed by atoms with Gasteiger partial charge in [-0.15, -0.1) is 0 Å². The quantitative estimate of drug-likeness (QED) is 0.683. The van der Waals surface area contributed by atoms with E-state index >= 15 is 0 Å². The Labute approximate surface area is 139 Å². The summed E-state index contributed by atoms with van der Waals surface area (Å²) in [4.78, 5) is 0. The molecular formula is C20H26ClN. The second-order valence-electron chi connectivity index (χ2n) is 6.53. The van der Waals surface area contributed by atoms with Crippen molar-refractivity contribution in [2.75, 3.05) is 11.9 Å². The topological polar surface area (TPSA) is 12.0 Å². The molecule has 2 aromatic rings. The minimum atomic E-state index is 0.464. The SMILES string of the molecule is Cc1c(Cl)cccc1NCC(C)c1ccc(CC(C)C)cc1. The zero-order valence-corrected chi connectivity index (χ0v) is 14.7. The summed E-state index contributed by atoms with van der Waals surface area (Å²) in [5, 5.41) is 4.33. The first-order valence-corrected chi connectivity index (χ1v) is 8.43. The van der Waals surface area contributed by atoms with Crippen LogP contribution in [0.2, 0.25) is 5.02 Å². The molecule has 2 aromatic carbocycles. The summed E-state index contributed by atoms with van der Waals surface area (Å²) < 4.78 is 0. The van der Waals surface area contributed by atoms with Gasteiger partial charge in [0.25, 0.3) is 0 Å². The van der Waals surface area contributed by atoms with Gasteiger partial charge in [0.2, 0.25) is 0 Å². The summed E-state index contributed by atoms with van der Waals surface area (Å²) in [5.74, 6) is 1.17. The van der Waals surface area contributed by atoms with Crippen LogP contribution in [0, 0.1) is 12.8 Å². The molecule has 0 spiro atoms. The summed E-state index contributed by atoms with van der Waals surface area (Å²) in [6.45, 7) is 9.73. The Morgan fingerprint density at radius 2 is 1.68 bits per heavy atom. The van der Waals surface area contributed by atoms with Crippen LogP contribution in [0.25, 0.3) is 0 Å². The smallest absolute Gasteiger partial charge is 0.0455 e. The van der Waals surface area contributed by atoms with Crippen molar-refractivity contribution in [1.82, 2.24) is 0 Å². The first-order valence-electron chi connectivity index (χ1n) is 8.05. The first-order chi connectivity index (χ1) is 10.5. The van der Waals surface area contributed by atoms with Crippen LogP contribution in [0.3, 0.4) is 0 Å². The maximum atomic E-state index is 6.17. The van der Waals surface area contributed by atoms with Gasteiger partial charge in [0.05, 0.1) is 0 Å². The average Bonchev–Trinajstić information content (AvgIpc) is 2.48. The summed E-state index contributed by atoms with van der Waals surface area (Å²) in [7, 11) is 0. The van der Waals surface area contributed by atoms with Gasteiger partial charge in [-0.25, -0.2) is 0 Å². The molecule has 0 saturated heterocycles. The molecule has 0 aliphatic heterocycles. The van der Waals surface area contributed by atoms with Crippen molar-refractivity contribution in [2.24, 2.45) is 5.92 Å². The highest BCUT2D eigenvalue weighted by Crippen LogP contribution is 2.24. The molecule has 2 heteroatoms.